The highest BCUT2D eigenvalue weighted by Gasteiger charge is 2.34. The minimum Gasteiger partial charge on any atom is -0.341 e. The molecule has 0 saturated carbocycles. The summed E-state index contributed by atoms with van der Waals surface area (Å²) in [7, 11) is 0. The Balaban J connectivity index is 1.40. The summed E-state index contributed by atoms with van der Waals surface area (Å²) in [6.45, 7) is 3.22. The number of hydrogen-bond acceptors (Lipinski definition) is 3. The molecule has 0 spiro atoms. The van der Waals surface area contributed by atoms with Crippen LogP contribution in [0.5, 0.6) is 0 Å². The van der Waals surface area contributed by atoms with E-state index in [9.17, 15) is 9.59 Å². The number of fused-ring (bicyclic) bond motifs is 1. The highest BCUT2D eigenvalue weighted by molar-refractivity contribution is 5.83. The summed E-state index contributed by atoms with van der Waals surface area (Å²) in [5, 5.41) is 0. The van der Waals surface area contributed by atoms with Gasteiger partial charge in [-0.3, -0.25) is 9.59 Å². The quantitative estimate of drug-likeness (QED) is 0.616. The minimum absolute atomic E-state index is 0.00412. The number of para-hydroxylation sites is 2. The molecule has 2 saturated heterocycles. The maximum atomic E-state index is 13.2. The van der Waals surface area contributed by atoms with Crippen molar-refractivity contribution >= 4 is 22.8 Å². The van der Waals surface area contributed by atoms with Crippen LogP contribution in [0.2, 0.25) is 0 Å². The number of hydrogen-bond donors (Lipinski definition) is 0. The average Bonchev–Trinajstić information content (AvgIpc) is 3.21. The number of amides is 2. The van der Waals surface area contributed by atoms with Crippen molar-refractivity contribution in [2.75, 3.05) is 19.6 Å². The number of nitrogens with zero attached hydrogens (tertiary/aromatic N) is 4. The molecule has 5 rings (SSSR count). The highest BCUT2D eigenvalue weighted by atomic mass is 16.2. The second-order valence-electron chi connectivity index (χ2n) is 9.00. The summed E-state index contributed by atoms with van der Waals surface area (Å²) < 4.78 is 2.06. The Morgan fingerprint density at radius 3 is 2.44 bits per heavy atom. The van der Waals surface area contributed by atoms with Gasteiger partial charge in [0, 0.05) is 38.5 Å². The van der Waals surface area contributed by atoms with E-state index in [1.165, 1.54) is 12.8 Å². The summed E-state index contributed by atoms with van der Waals surface area (Å²) in [5.74, 6) is 1.16. The van der Waals surface area contributed by atoms with Gasteiger partial charge in [-0.15, -0.1) is 0 Å². The number of benzene rings is 2. The van der Waals surface area contributed by atoms with Gasteiger partial charge in [0.25, 0.3) is 0 Å². The fraction of sp³-hybridized carbons (Fsp3) is 0.423. The molecule has 6 heteroatoms. The predicted octanol–water partition coefficient (Wildman–Crippen LogP) is 3.96. The van der Waals surface area contributed by atoms with E-state index >= 15 is 0 Å². The number of rotatable bonds is 5. The van der Waals surface area contributed by atoms with Gasteiger partial charge in [-0.1, -0.05) is 55.3 Å². The van der Waals surface area contributed by atoms with Gasteiger partial charge in [0.2, 0.25) is 11.8 Å². The van der Waals surface area contributed by atoms with Crippen molar-refractivity contribution in [1.29, 1.82) is 0 Å². The van der Waals surface area contributed by atoms with Gasteiger partial charge in [-0.2, -0.15) is 0 Å². The normalized spacial score (nSPS) is 19.5. The number of imidazole rings is 1. The zero-order valence-electron chi connectivity index (χ0n) is 18.4. The summed E-state index contributed by atoms with van der Waals surface area (Å²) in [4.78, 5) is 34.8. The van der Waals surface area contributed by atoms with Crippen LogP contribution in [0.15, 0.2) is 54.6 Å². The zero-order chi connectivity index (χ0) is 21.9. The number of likely N-dealkylation sites (tertiary alicyclic amines) is 2. The molecule has 6 nitrogen and oxygen atoms in total. The molecule has 2 aliphatic rings. The summed E-state index contributed by atoms with van der Waals surface area (Å²) in [6, 6.07) is 18.1. The average molecular weight is 431 g/mol. The maximum Gasteiger partial charge on any atom is 0.242 e. The fourth-order valence-electron chi connectivity index (χ4n) is 5.03. The van der Waals surface area contributed by atoms with Crippen LogP contribution in [0.4, 0.5) is 0 Å². The van der Waals surface area contributed by atoms with E-state index in [1.807, 2.05) is 52.3 Å². The Bertz CT molecular complexity index is 1100. The largest absolute Gasteiger partial charge is 0.341 e. The van der Waals surface area contributed by atoms with Gasteiger partial charge in [-0.05, 0) is 30.5 Å². The molecule has 0 aliphatic carbocycles. The van der Waals surface area contributed by atoms with Crippen molar-refractivity contribution in [3.05, 3.63) is 66.0 Å². The molecule has 2 amide bonds. The molecule has 0 radical (unpaired) electrons. The number of carbonyl (C=O) groups is 2. The monoisotopic (exact) mass is 430 g/mol. The lowest BCUT2D eigenvalue weighted by Gasteiger charge is -2.22. The van der Waals surface area contributed by atoms with Crippen LogP contribution < -0.4 is 0 Å². The van der Waals surface area contributed by atoms with E-state index in [0.717, 1.165) is 48.4 Å². The Hall–Kier alpha value is -3.15. The van der Waals surface area contributed by atoms with E-state index < -0.39 is 0 Å². The molecule has 3 aromatic rings. The number of aromatic nitrogens is 2. The lowest BCUT2D eigenvalue weighted by molar-refractivity contribution is -0.131. The van der Waals surface area contributed by atoms with Gasteiger partial charge in [0.15, 0.2) is 0 Å². The van der Waals surface area contributed by atoms with Gasteiger partial charge >= 0.3 is 0 Å². The molecular weight excluding hydrogens is 400 g/mol. The van der Waals surface area contributed by atoms with Crippen LogP contribution in [0.3, 0.4) is 0 Å². The molecule has 1 atom stereocenters. The molecule has 3 heterocycles. The van der Waals surface area contributed by atoms with Gasteiger partial charge in [-0.25, -0.2) is 4.98 Å². The van der Waals surface area contributed by atoms with Crippen LogP contribution in [-0.2, 0) is 22.7 Å². The molecule has 1 unspecified atom stereocenters. The fourth-order valence-corrected chi connectivity index (χ4v) is 5.03. The third-order valence-electron chi connectivity index (χ3n) is 6.73. The minimum atomic E-state index is -0.00412. The van der Waals surface area contributed by atoms with Crippen LogP contribution in [-0.4, -0.2) is 50.8 Å². The standard InChI is InChI=1S/C26H30N4O2/c31-24-16-21(18-29(24)17-20-10-4-3-5-11-20)26-27-22-12-6-7-13-23(22)30(26)19-25(32)28-14-8-1-2-9-15-28/h3-7,10-13,21H,1-2,8-9,14-19H2. The van der Waals surface area contributed by atoms with Crippen LogP contribution in [0.1, 0.15) is 49.4 Å². The second kappa shape index (κ2) is 9.15. The lowest BCUT2D eigenvalue weighted by atomic mass is 10.1. The Morgan fingerprint density at radius 1 is 0.938 bits per heavy atom. The second-order valence-corrected chi connectivity index (χ2v) is 9.00. The van der Waals surface area contributed by atoms with Crippen LogP contribution in [0.25, 0.3) is 11.0 Å². The van der Waals surface area contributed by atoms with Crippen LogP contribution in [0, 0.1) is 0 Å². The third kappa shape index (κ3) is 4.27. The maximum absolute atomic E-state index is 13.2. The van der Waals surface area contributed by atoms with E-state index in [0.29, 0.717) is 26.1 Å². The van der Waals surface area contributed by atoms with E-state index in [-0.39, 0.29) is 17.7 Å². The topological polar surface area (TPSA) is 58.4 Å². The first kappa shape index (κ1) is 20.7. The van der Waals surface area contributed by atoms with E-state index in [4.69, 9.17) is 4.98 Å². The van der Waals surface area contributed by atoms with Crippen molar-refractivity contribution in [2.45, 2.75) is 51.1 Å². The molecule has 166 valence electrons. The number of carbonyl (C=O) groups excluding carboxylic acids is 2. The Kier molecular flexibility index (Phi) is 5.93. The third-order valence-corrected chi connectivity index (χ3v) is 6.73. The van der Waals surface area contributed by atoms with Crippen molar-refractivity contribution < 1.29 is 9.59 Å². The van der Waals surface area contributed by atoms with Gasteiger partial charge in [0.05, 0.1) is 11.0 Å². The first-order valence-corrected chi connectivity index (χ1v) is 11.7. The smallest absolute Gasteiger partial charge is 0.242 e. The Labute approximate surface area is 188 Å². The van der Waals surface area contributed by atoms with Gasteiger partial charge in [0.1, 0.15) is 12.4 Å². The van der Waals surface area contributed by atoms with Crippen molar-refractivity contribution in [1.82, 2.24) is 19.4 Å². The van der Waals surface area contributed by atoms with Gasteiger partial charge < -0.3 is 14.4 Å². The first-order chi connectivity index (χ1) is 15.7. The first-order valence-electron chi connectivity index (χ1n) is 11.7. The molecule has 2 aromatic carbocycles. The van der Waals surface area contributed by atoms with Crippen molar-refractivity contribution in [3.8, 4) is 0 Å². The SMILES string of the molecule is O=C(Cn1c(C2CC(=O)N(Cc3ccccc3)C2)nc2ccccc21)N1CCCCCC1. The molecule has 1 aromatic heterocycles. The molecule has 0 bridgehead atoms. The summed E-state index contributed by atoms with van der Waals surface area (Å²) in [5.41, 5.74) is 2.99. The molecule has 2 aliphatic heterocycles. The van der Waals surface area contributed by atoms with E-state index in [2.05, 4.69) is 16.7 Å². The van der Waals surface area contributed by atoms with Crippen LogP contribution >= 0.6 is 0 Å². The van der Waals surface area contributed by atoms with Crippen molar-refractivity contribution in [3.63, 3.8) is 0 Å². The highest BCUT2D eigenvalue weighted by Crippen LogP contribution is 2.31. The lowest BCUT2D eigenvalue weighted by Crippen LogP contribution is -2.35. The molecule has 2 fully saturated rings. The molecule has 0 N–H and O–H groups in total. The molecular formula is C26H30N4O2. The van der Waals surface area contributed by atoms with E-state index in [1.54, 1.807) is 0 Å². The summed E-state index contributed by atoms with van der Waals surface area (Å²) in [6.07, 6.45) is 4.99. The Morgan fingerprint density at radius 2 is 1.66 bits per heavy atom. The summed E-state index contributed by atoms with van der Waals surface area (Å²) >= 11 is 0. The van der Waals surface area contributed by atoms with Crippen molar-refractivity contribution in [2.24, 2.45) is 0 Å². The predicted molar refractivity (Wildman–Crippen MR) is 124 cm³/mol. The zero-order valence-corrected chi connectivity index (χ0v) is 18.4. The molecule has 32 heavy (non-hydrogen) atoms.